The van der Waals surface area contributed by atoms with E-state index < -0.39 is 11.6 Å². The van der Waals surface area contributed by atoms with Crippen LogP contribution in [-0.4, -0.2) is 26.9 Å². The van der Waals surface area contributed by atoms with Crippen molar-refractivity contribution in [2.75, 3.05) is 6.26 Å². The van der Waals surface area contributed by atoms with Crippen molar-refractivity contribution >= 4 is 17.3 Å². The highest BCUT2D eigenvalue weighted by molar-refractivity contribution is 7.98. The molecule has 3 nitrogen and oxygen atoms in total. The standard InChI is InChI=1S/C16H13F2N3S.H2/c1-22-15-20-13(9-2-4-16(18)8-11(16)6-9)14(21-15)10-3-5-19-12(17)7-10;/h2-7,11H,8H2,1H3,(H,20,21);1H. The Bertz CT molecular complexity index is 817. The van der Waals surface area contributed by atoms with E-state index in [0.29, 0.717) is 17.7 Å². The highest BCUT2D eigenvalue weighted by Gasteiger charge is 2.53. The van der Waals surface area contributed by atoms with Gasteiger partial charge in [0.1, 0.15) is 5.67 Å². The minimum Gasteiger partial charge on any atom is -0.332 e. The lowest BCUT2D eigenvalue weighted by Crippen LogP contribution is -2.02. The van der Waals surface area contributed by atoms with Crippen molar-refractivity contribution in [1.82, 2.24) is 15.0 Å². The summed E-state index contributed by atoms with van der Waals surface area (Å²) in [5, 5.41) is 0.740. The van der Waals surface area contributed by atoms with Crippen molar-refractivity contribution in [1.29, 1.82) is 0 Å². The summed E-state index contributed by atoms with van der Waals surface area (Å²) < 4.78 is 27.4. The summed E-state index contributed by atoms with van der Waals surface area (Å²) in [5.74, 6) is -0.606. The van der Waals surface area contributed by atoms with E-state index in [1.807, 2.05) is 12.3 Å². The van der Waals surface area contributed by atoms with Crippen LogP contribution in [0.15, 0.2) is 41.7 Å². The van der Waals surface area contributed by atoms with Crippen molar-refractivity contribution in [3.8, 4) is 11.3 Å². The third-order valence-electron chi connectivity index (χ3n) is 4.07. The summed E-state index contributed by atoms with van der Waals surface area (Å²) in [5.41, 5.74) is 1.85. The smallest absolute Gasteiger partial charge is 0.213 e. The molecular weight excluding hydrogens is 304 g/mol. The van der Waals surface area contributed by atoms with Gasteiger partial charge in [0.15, 0.2) is 5.16 Å². The molecular formula is C16H15F2N3S. The summed E-state index contributed by atoms with van der Waals surface area (Å²) in [6.45, 7) is 0. The average molecular weight is 319 g/mol. The van der Waals surface area contributed by atoms with Gasteiger partial charge in [-0.1, -0.05) is 23.9 Å². The molecule has 4 rings (SSSR count). The van der Waals surface area contributed by atoms with Crippen molar-refractivity contribution in [3.63, 3.8) is 0 Å². The second-order valence-electron chi connectivity index (χ2n) is 5.53. The average Bonchev–Trinajstić information content (AvgIpc) is 3.00. The monoisotopic (exact) mass is 319 g/mol. The summed E-state index contributed by atoms with van der Waals surface area (Å²) >= 11 is 1.48. The molecule has 0 saturated heterocycles. The Labute approximate surface area is 132 Å². The molecule has 0 aromatic carbocycles. The summed E-state index contributed by atoms with van der Waals surface area (Å²) in [6, 6.07) is 3.07. The van der Waals surface area contributed by atoms with Gasteiger partial charge in [0.25, 0.3) is 0 Å². The van der Waals surface area contributed by atoms with E-state index in [0.717, 1.165) is 16.4 Å². The maximum Gasteiger partial charge on any atom is 0.213 e. The summed E-state index contributed by atoms with van der Waals surface area (Å²) in [6.07, 6.45) is 9.19. The Hall–Kier alpha value is -1.95. The van der Waals surface area contributed by atoms with Crippen molar-refractivity contribution < 1.29 is 10.2 Å². The minimum absolute atomic E-state index is 0. The molecule has 2 aliphatic rings. The molecule has 0 radical (unpaired) electrons. The number of H-pyrrole nitrogens is 1. The fraction of sp³-hybridized carbons (Fsp3) is 0.250. The van der Waals surface area contributed by atoms with Crippen LogP contribution in [0.25, 0.3) is 16.8 Å². The number of allylic oxidation sites excluding steroid dienone is 4. The third kappa shape index (κ3) is 2.18. The van der Waals surface area contributed by atoms with Crippen LogP contribution >= 0.6 is 11.8 Å². The zero-order chi connectivity index (χ0) is 15.3. The number of fused-ring (bicyclic) bond motifs is 1. The van der Waals surface area contributed by atoms with Crippen LogP contribution in [0.4, 0.5) is 8.78 Å². The molecule has 2 heterocycles. The normalized spacial score (nSPS) is 25.8. The van der Waals surface area contributed by atoms with E-state index in [2.05, 4.69) is 15.0 Å². The number of aromatic amines is 1. The molecule has 114 valence electrons. The maximum absolute atomic E-state index is 14.0. The molecule has 0 amide bonds. The Morgan fingerprint density at radius 2 is 2.36 bits per heavy atom. The zero-order valence-corrected chi connectivity index (χ0v) is 12.6. The molecule has 1 saturated carbocycles. The Kier molecular flexibility index (Phi) is 2.97. The lowest BCUT2D eigenvalue weighted by Gasteiger charge is -2.09. The van der Waals surface area contributed by atoms with Crippen LogP contribution in [0.3, 0.4) is 0 Å². The number of halogens is 2. The first-order valence-corrected chi connectivity index (χ1v) is 8.18. The molecule has 0 bridgehead atoms. The van der Waals surface area contributed by atoms with Gasteiger partial charge in [-0.05, 0) is 30.4 Å². The van der Waals surface area contributed by atoms with E-state index in [1.165, 1.54) is 24.0 Å². The van der Waals surface area contributed by atoms with Crippen molar-refractivity contribution in [2.45, 2.75) is 17.2 Å². The first kappa shape index (κ1) is 13.7. The minimum atomic E-state index is -1.16. The van der Waals surface area contributed by atoms with Crippen LogP contribution in [0.5, 0.6) is 0 Å². The second kappa shape index (κ2) is 4.78. The number of nitrogens with zero attached hydrogens (tertiary/aromatic N) is 2. The fourth-order valence-corrected chi connectivity index (χ4v) is 3.14. The first-order valence-electron chi connectivity index (χ1n) is 6.95. The second-order valence-corrected chi connectivity index (χ2v) is 6.32. The van der Waals surface area contributed by atoms with Gasteiger partial charge < -0.3 is 4.98 Å². The van der Waals surface area contributed by atoms with Gasteiger partial charge in [0.05, 0.1) is 11.4 Å². The summed E-state index contributed by atoms with van der Waals surface area (Å²) in [4.78, 5) is 11.3. The number of pyridine rings is 1. The Morgan fingerprint density at radius 3 is 3.09 bits per heavy atom. The quantitative estimate of drug-likeness (QED) is 0.679. The molecule has 2 aromatic rings. The number of nitrogens with one attached hydrogen (secondary N) is 1. The molecule has 1 N–H and O–H groups in total. The van der Waals surface area contributed by atoms with Gasteiger partial charge in [-0.25, -0.2) is 14.4 Å². The number of rotatable bonds is 3. The van der Waals surface area contributed by atoms with Crippen LogP contribution in [0.1, 0.15) is 13.5 Å². The van der Waals surface area contributed by atoms with E-state index in [4.69, 9.17) is 0 Å². The van der Waals surface area contributed by atoms with E-state index in [1.54, 1.807) is 18.2 Å². The fourth-order valence-electron chi connectivity index (χ4n) is 2.75. The zero-order valence-electron chi connectivity index (χ0n) is 11.8. The van der Waals surface area contributed by atoms with Crippen LogP contribution in [0.2, 0.25) is 0 Å². The van der Waals surface area contributed by atoms with Gasteiger partial charge in [0.2, 0.25) is 5.95 Å². The molecule has 2 aliphatic carbocycles. The highest BCUT2D eigenvalue weighted by atomic mass is 32.2. The number of hydrogen-bond donors (Lipinski definition) is 1. The van der Waals surface area contributed by atoms with Gasteiger partial charge >= 0.3 is 0 Å². The van der Waals surface area contributed by atoms with Crippen LogP contribution < -0.4 is 0 Å². The Balaban J connectivity index is 0.00000156. The SMILES string of the molecule is CSc1nc(-c2ccnc(F)c2)c(C2=CC3CC3(F)C=C2)[nH]1.[HH]. The molecule has 2 atom stereocenters. The largest absolute Gasteiger partial charge is 0.332 e. The van der Waals surface area contributed by atoms with Gasteiger partial charge in [-0.3, -0.25) is 0 Å². The number of aromatic nitrogens is 3. The lowest BCUT2D eigenvalue weighted by molar-refractivity contribution is 0.362. The number of hydrogen-bond acceptors (Lipinski definition) is 3. The molecule has 22 heavy (non-hydrogen) atoms. The highest BCUT2D eigenvalue weighted by Crippen LogP contribution is 2.53. The molecule has 1 fully saturated rings. The van der Waals surface area contributed by atoms with E-state index in [9.17, 15) is 8.78 Å². The molecule has 6 heteroatoms. The van der Waals surface area contributed by atoms with Crippen LogP contribution in [-0.2, 0) is 0 Å². The predicted octanol–water partition coefficient (Wildman–Crippen LogP) is 4.26. The molecule has 0 spiro atoms. The van der Waals surface area contributed by atoms with Gasteiger partial charge in [0, 0.05) is 25.2 Å². The molecule has 2 aromatic heterocycles. The maximum atomic E-state index is 14.0. The molecule has 0 aliphatic heterocycles. The number of imidazole rings is 1. The van der Waals surface area contributed by atoms with Crippen molar-refractivity contribution in [2.24, 2.45) is 5.92 Å². The van der Waals surface area contributed by atoms with Crippen molar-refractivity contribution in [3.05, 3.63) is 48.2 Å². The van der Waals surface area contributed by atoms with E-state index in [-0.39, 0.29) is 7.34 Å². The van der Waals surface area contributed by atoms with Crippen LogP contribution in [0, 0.1) is 11.9 Å². The summed E-state index contributed by atoms with van der Waals surface area (Å²) in [7, 11) is 0. The van der Waals surface area contributed by atoms with Gasteiger partial charge in [-0.15, -0.1) is 0 Å². The number of thioether (sulfide) groups is 1. The first-order chi connectivity index (χ1) is 10.6. The molecule has 2 unspecified atom stereocenters. The third-order valence-corrected chi connectivity index (χ3v) is 4.65. The topological polar surface area (TPSA) is 41.6 Å². The number of alkyl halides is 1. The lowest BCUT2D eigenvalue weighted by atomic mass is 10.00. The predicted molar refractivity (Wildman–Crippen MR) is 84.7 cm³/mol. The Morgan fingerprint density at radius 1 is 1.50 bits per heavy atom. The van der Waals surface area contributed by atoms with E-state index >= 15 is 0 Å². The van der Waals surface area contributed by atoms with Gasteiger partial charge in [-0.2, -0.15) is 4.39 Å².